The monoisotopic (exact) mass is 450 g/mol. The van der Waals surface area contributed by atoms with E-state index >= 15 is 0 Å². The molecule has 0 bridgehead atoms. The zero-order chi connectivity index (χ0) is 22.3. The van der Waals surface area contributed by atoms with Crippen LogP contribution >= 0.6 is 11.8 Å². The summed E-state index contributed by atoms with van der Waals surface area (Å²) in [6.45, 7) is 4.37. The minimum absolute atomic E-state index is 0.0191. The third-order valence-corrected chi connectivity index (χ3v) is 5.29. The predicted octanol–water partition coefficient (Wildman–Crippen LogP) is 2.61. The first kappa shape index (κ1) is 24.5. The van der Waals surface area contributed by atoms with Gasteiger partial charge in [-0.1, -0.05) is 19.8 Å². The molecule has 0 aliphatic carbocycles. The summed E-state index contributed by atoms with van der Waals surface area (Å²) in [6.07, 6.45) is -0.332. The normalized spacial score (nSPS) is 21.8. The highest BCUT2D eigenvalue weighted by Crippen LogP contribution is 2.32. The van der Waals surface area contributed by atoms with E-state index in [-0.39, 0.29) is 19.6 Å². The quantitative estimate of drug-likeness (QED) is 0.335. The van der Waals surface area contributed by atoms with Crippen molar-refractivity contribution in [3.63, 3.8) is 0 Å². The number of hydrogen-bond acceptors (Lipinski definition) is 6. The summed E-state index contributed by atoms with van der Waals surface area (Å²) in [5.41, 5.74) is -3.98. The van der Waals surface area contributed by atoms with Crippen LogP contribution in [0, 0.1) is 18.3 Å². The molecule has 11 heteroatoms. The molecule has 0 amide bonds. The molecule has 1 aliphatic heterocycles. The third-order valence-electron chi connectivity index (χ3n) is 4.43. The van der Waals surface area contributed by atoms with E-state index in [1.54, 1.807) is 16.7 Å². The Bertz CT molecular complexity index is 846. The Labute approximate surface area is 176 Å². The number of aromatic amines is 1. The average Bonchev–Trinajstić information content (AvgIpc) is 3.04. The first-order valence-corrected chi connectivity index (χ1v) is 10.6. The summed E-state index contributed by atoms with van der Waals surface area (Å²) in [5.74, 6) is 4.28. The molecule has 1 N–H and O–H groups in total. The van der Waals surface area contributed by atoms with Crippen molar-refractivity contribution in [1.29, 1.82) is 0 Å². The number of H-pyrrole nitrogens is 1. The van der Waals surface area contributed by atoms with Gasteiger partial charge in [-0.15, -0.1) is 18.2 Å². The maximum atomic E-state index is 13.0. The largest absolute Gasteiger partial charge is 0.423 e. The van der Waals surface area contributed by atoms with Crippen molar-refractivity contribution < 1.29 is 27.4 Å². The van der Waals surface area contributed by atoms with Crippen LogP contribution in [0.3, 0.4) is 0 Å². The standard InChI is InChI=1S/C19H25F3N2O5S/c1-4-6-28-14-8-16(29-15(14)10-27-11-30-7-5-12(2)3)24-9-13(19(20,21)22)17(25)23-18(24)26/h1,9,12,14-16H,5-8,10-11H2,2-3H3,(H,23,25,26)/t14-,15+,16+/m0/s1. The second-order valence-corrected chi connectivity index (χ2v) is 8.26. The first-order chi connectivity index (χ1) is 14.1. The minimum Gasteiger partial charge on any atom is -0.368 e. The fourth-order valence-electron chi connectivity index (χ4n) is 2.85. The molecule has 1 aromatic rings. The van der Waals surface area contributed by atoms with Gasteiger partial charge in [-0.25, -0.2) is 4.79 Å². The highest BCUT2D eigenvalue weighted by atomic mass is 32.2. The van der Waals surface area contributed by atoms with Crippen molar-refractivity contribution in [3.05, 3.63) is 32.6 Å². The Balaban J connectivity index is 2.07. The molecule has 1 aromatic heterocycles. The molecule has 0 saturated carbocycles. The first-order valence-electron chi connectivity index (χ1n) is 9.42. The molecular formula is C19H25F3N2O5S. The topological polar surface area (TPSA) is 82.6 Å². The minimum atomic E-state index is -4.91. The van der Waals surface area contributed by atoms with E-state index in [9.17, 15) is 22.8 Å². The molecule has 168 valence electrons. The lowest BCUT2D eigenvalue weighted by Crippen LogP contribution is -2.36. The molecule has 2 heterocycles. The van der Waals surface area contributed by atoms with E-state index < -0.39 is 41.4 Å². The summed E-state index contributed by atoms with van der Waals surface area (Å²) in [4.78, 5) is 25.3. The van der Waals surface area contributed by atoms with Gasteiger partial charge >= 0.3 is 11.9 Å². The van der Waals surface area contributed by atoms with E-state index in [1.165, 1.54) is 0 Å². The molecule has 0 radical (unpaired) electrons. The number of nitrogens with zero attached hydrogens (tertiary/aromatic N) is 1. The van der Waals surface area contributed by atoms with Crippen LogP contribution in [0.5, 0.6) is 0 Å². The summed E-state index contributed by atoms with van der Waals surface area (Å²) in [5, 5.41) is 0. The smallest absolute Gasteiger partial charge is 0.368 e. The van der Waals surface area contributed by atoms with Crippen LogP contribution < -0.4 is 11.2 Å². The number of aromatic nitrogens is 2. The number of alkyl halides is 3. The van der Waals surface area contributed by atoms with Crippen molar-refractivity contribution in [3.8, 4) is 12.3 Å². The number of rotatable bonds is 10. The van der Waals surface area contributed by atoms with Crippen molar-refractivity contribution in [2.45, 2.75) is 51.3 Å². The average molecular weight is 450 g/mol. The fourth-order valence-corrected chi connectivity index (χ4v) is 3.82. The van der Waals surface area contributed by atoms with E-state index in [0.29, 0.717) is 22.6 Å². The Morgan fingerprint density at radius 2 is 2.17 bits per heavy atom. The van der Waals surface area contributed by atoms with Crippen molar-refractivity contribution in [2.24, 2.45) is 5.92 Å². The second-order valence-electron chi connectivity index (χ2n) is 7.20. The molecule has 1 fully saturated rings. The van der Waals surface area contributed by atoms with Crippen LogP contribution in [0.2, 0.25) is 0 Å². The summed E-state index contributed by atoms with van der Waals surface area (Å²) >= 11 is 1.62. The fraction of sp³-hybridized carbons (Fsp3) is 0.684. The molecule has 0 unspecified atom stereocenters. The van der Waals surface area contributed by atoms with Gasteiger partial charge in [-0.2, -0.15) is 13.2 Å². The molecule has 1 saturated heterocycles. The van der Waals surface area contributed by atoms with Gasteiger partial charge in [0.25, 0.3) is 5.56 Å². The summed E-state index contributed by atoms with van der Waals surface area (Å²) in [6, 6.07) is 0. The van der Waals surface area contributed by atoms with Crippen molar-refractivity contribution in [1.82, 2.24) is 9.55 Å². The highest BCUT2D eigenvalue weighted by molar-refractivity contribution is 7.99. The third kappa shape index (κ3) is 6.91. The molecule has 1 aliphatic rings. The Morgan fingerprint density at radius 3 is 2.80 bits per heavy atom. The number of hydrogen-bond donors (Lipinski definition) is 1. The van der Waals surface area contributed by atoms with E-state index in [1.807, 2.05) is 0 Å². The van der Waals surface area contributed by atoms with Crippen LogP contribution in [0.1, 0.15) is 38.5 Å². The van der Waals surface area contributed by atoms with E-state index in [0.717, 1.165) is 12.2 Å². The van der Waals surface area contributed by atoms with Gasteiger partial charge in [0.2, 0.25) is 0 Å². The summed E-state index contributed by atoms with van der Waals surface area (Å²) in [7, 11) is 0. The van der Waals surface area contributed by atoms with Crippen molar-refractivity contribution >= 4 is 11.8 Å². The number of terminal acetylenes is 1. The van der Waals surface area contributed by atoms with Crippen LogP contribution in [-0.2, 0) is 20.4 Å². The SMILES string of the molecule is C#CCO[C@H]1C[C@H](n2cc(C(F)(F)F)c(=O)[nH]c2=O)O[C@@H]1COCSCCC(C)C. The van der Waals surface area contributed by atoms with Gasteiger partial charge in [-0.05, 0) is 18.1 Å². The van der Waals surface area contributed by atoms with Gasteiger partial charge in [0.1, 0.15) is 24.5 Å². The number of thioether (sulfide) groups is 1. The molecule has 0 spiro atoms. The highest BCUT2D eigenvalue weighted by Gasteiger charge is 2.40. The molecule has 3 atom stereocenters. The number of nitrogens with one attached hydrogen (secondary N) is 1. The van der Waals surface area contributed by atoms with Gasteiger partial charge in [0.15, 0.2) is 0 Å². The maximum absolute atomic E-state index is 13.0. The zero-order valence-electron chi connectivity index (χ0n) is 16.7. The number of ether oxygens (including phenoxy) is 3. The van der Waals surface area contributed by atoms with Gasteiger partial charge in [0.05, 0.1) is 18.6 Å². The predicted molar refractivity (Wildman–Crippen MR) is 106 cm³/mol. The number of halogens is 3. The van der Waals surface area contributed by atoms with Crippen LogP contribution in [0.15, 0.2) is 15.8 Å². The molecule has 7 nitrogen and oxygen atoms in total. The van der Waals surface area contributed by atoms with Gasteiger partial charge in [-0.3, -0.25) is 14.3 Å². The van der Waals surface area contributed by atoms with Crippen LogP contribution in [0.4, 0.5) is 13.2 Å². The lowest BCUT2D eigenvalue weighted by atomic mass is 10.2. The lowest BCUT2D eigenvalue weighted by Gasteiger charge is -2.18. The molecular weight excluding hydrogens is 425 g/mol. The van der Waals surface area contributed by atoms with E-state index in [2.05, 4.69) is 19.8 Å². The summed E-state index contributed by atoms with van der Waals surface area (Å²) < 4.78 is 56.7. The Kier molecular flexibility index (Phi) is 9.03. The Morgan fingerprint density at radius 1 is 1.43 bits per heavy atom. The second kappa shape index (κ2) is 11.0. The van der Waals surface area contributed by atoms with Gasteiger partial charge < -0.3 is 14.2 Å². The maximum Gasteiger partial charge on any atom is 0.423 e. The van der Waals surface area contributed by atoms with Crippen LogP contribution in [0.25, 0.3) is 0 Å². The molecule has 0 aromatic carbocycles. The van der Waals surface area contributed by atoms with Crippen molar-refractivity contribution in [2.75, 3.05) is 24.9 Å². The molecule has 30 heavy (non-hydrogen) atoms. The Hall–Kier alpha value is -1.74. The lowest BCUT2D eigenvalue weighted by molar-refractivity contribution is -0.139. The van der Waals surface area contributed by atoms with Crippen LogP contribution in [-0.4, -0.2) is 46.7 Å². The van der Waals surface area contributed by atoms with Gasteiger partial charge in [0, 0.05) is 12.6 Å². The zero-order valence-corrected chi connectivity index (χ0v) is 17.6. The van der Waals surface area contributed by atoms with E-state index in [4.69, 9.17) is 20.6 Å². The molecule has 2 rings (SSSR count).